The molecule has 0 atom stereocenters. The van der Waals surface area contributed by atoms with Crippen molar-refractivity contribution in [2.24, 2.45) is 0 Å². The third kappa shape index (κ3) is 2.62. The van der Waals surface area contributed by atoms with Gasteiger partial charge in [-0.05, 0) is 6.92 Å². The molecular formula is C8H10Cl2N2O2. The van der Waals surface area contributed by atoms with Crippen molar-refractivity contribution in [2.45, 2.75) is 12.5 Å². The summed E-state index contributed by atoms with van der Waals surface area (Å²) in [7, 11) is 0. The molecule has 0 aliphatic rings. The Kier molecular flexibility index (Phi) is 3.77. The van der Waals surface area contributed by atoms with Crippen molar-refractivity contribution in [3.63, 3.8) is 0 Å². The van der Waals surface area contributed by atoms with Crippen LogP contribution in [-0.2, 0) is 0 Å². The lowest BCUT2D eigenvalue weighted by Gasteiger charge is -2.25. The van der Waals surface area contributed by atoms with Crippen LogP contribution in [-0.4, -0.2) is 28.4 Å². The summed E-state index contributed by atoms with van der Waals surface area (Å²) >= 11 is 11.3. The minimum atomic E-state index is -0.626. The predicted octanol–water partition coefficient (Wildman–Crippen LogP) is 1.64. The normalized spacial score (nSPS) is 11.4. The van der Waals surface area contributed by atoms with Crippen molar-refractivity contribution in [3.8, 4) is 0 Å². The zero-order valence-electron chi connectivity index (χ0n) is 7.59. The summed E-state index contributed by atoms with van der Waals surface area (Å²) in [5, 5.41) is 6.17. The Morgan fingerprint density at radius 1 is 1.64 bits per heavy atom. The zero-order chi connectivity index (χ0) is 10.6. The van der Waals surface area contributed by atoms with E-state index < -0.39 is 5.54 Å². The van der Waals surface area contributed by atoms with Gasteiger partial charge in [0.1, 0.15) is 6.26 Å². The Morgan fingerprint density at radius 3 is 2.71 bits per heavy atom. The van der Waals surface area contributed by atoms with E-state index in [1.807, 2.05) is 0 Å². The molecule has 0 saturated heterocycles. The molecule has 0 bridgehead atoms. The van der Waals surface area contributed by atoms with E-state index in [0.29, 0.717) is 0 Å². The second-order valence-electron chi connectivity index (χ2n) is 3.17. The molecule has 0 aliphatic heterocycles. The van der Waals surface area contributed by atoms with Crippen LogP contribution in [0.5, 0.6) is 0 Å². The quantitative estimate of drug-likeness (QED) is 0.810. The van der Waals surface area contributed by atoms with Crippen molar-refractivity contribution in [3.05, 3.63) is 18.0 Å². The minimum Gasteiger partial charge on any atom is -0.364 e. The first-order chi connectivity index (χ1) is 6.61. The van der Waals surface area contributed by atoms with Gasteiger partial charge >= 0.3 is 0 Å². The molecular weight excluding hydrogens is 227 g/mol. The molecule has 0 spiro atoms. The van der Waals surface area contributed by atoms with E-state index in [0.717, 1.165) is 0 Å². The van der Waals surface area contributed by atoms with Crippen LogP contribution < -0.4 is 5.32 Å². The Labute approximate surface area is 91.5 Å². The maximum atomic E-state index is 11.5. The second-order valence-corrected chi connectivity index (χ2v) is 3.70. The van der Waals surface area contributed by atoms with Gasteiger partial charge in [-0.25, -0.2) is 0 Å². The van der Waals surface area contributed by atoms with Crippen LogP contribution in [0.25, 0.3) is 0 Å². The number of aromatic nitrogens is 1. The molecule has 0 aromatic carbocycles. The van der Waals surface area contributed by atoms with E-state index in [1.54, 1.807) is 6.92 Å². The largest absolute Gasteiger partial charge is 0.364 e. The first-order valence-electron chi connectivity index (χ1n) is 3.96. The van der Waals surface area contributed by atoms with E-state index in [4.69, 9.17) is 23.2 Å². The lowest BCUT2D eigenvalue weighted by molar-refractivity contribution is 0.0912. The minimum absolute atomic E-state index is 0.214. The molecule has 1 heterocycles. The van der Waals surface area contributed by atoms with Crippen molar-refractivity contribution < 1.29 is 9.32 Å². The number of nitrogens with one attached hydrogen (secondary N) is 1. The third-order valence-electron chi connectivity index (χ3n) is 1.68. The van der Waals surface area contributed by atoms with Crippen LogP contribution in [0.15, 0.2) is 16.9 Å². The third-order valence-corrected chi connectivity index (χ3v) is 2.86. The molecule has 1 aromatic rings. The number of halogens is 2. The van der Waals surface area contributed by atoms with Gasteiger partial charge in [-0.1, -0.05) is 5.16 Å². The number of hydrogen-bond donors (Lipinski definition) is 1. The Bertz CT molecular complexity index is 296. The number of amides is 1. The van der Waals surface area contributed by atoms with Crippen molar-refractivity contribution >= 4 is 29.1 Å². The SMILES string of the molecule is CC(CCl)(CCl)NC(=O)c1ccon1. The average molecular weight is 237 g/mol. The Morgan fingerprint density at radius 2 is 2.29 bits per heavy atom. The van der Waals surface area contributed by atoms with Gasteiger partial charge in [-0.3, -0.25) is 4.79 Å². The van der Waals surface area contributed by atoms with E-state index in [9.17, 15) is 4.79 Å². The maximum absolute atomic E-state index is 11.5. The van der Waals surface area contributed by atoms with Gasteiger partial charge < -0.3 is 9.84 Å². The molecule has 0 unspecified atom stereocenters. The lowest BCUT2D eigenvalue weighted by atomic mass is 10.1. The number of hydrogen-bond acceptors (Lipinski definition) is 3. The van der Waals surface area contributed by atoms with Crippen molar-refractivity contribution in [2.75, 3.05) is 11.8 Å². The summed E-state index contributed by atoms with van der Waals surface area (Å²) in [6.07, 6.45) is 1.33. The van der Waals surface area contributed by atoms with Crippen molar-refractivity contribution in [1.82, 2.24) is 10.5 Å². The van der Waals surface area contributed by atoms with Crippen molar-refractivity contribution in [1.29, 1.82) is 0 Å². The smallest absolute Gasteiger partial charge is 0.273 e. The first-order valence-corrected chi connectivity index (χ1v) is 5.03. The molecule has 4 nitrogen and oxygen atoms in total. The molecule has 0 fully saturated rings. The zero-order valence-corrected chi connectivity index (χ0v) is 9.10. The fourth-order valence-corrected chi connectivity index (χ4v) is 1.19. The molecule has 0 aliphatic carbocycles. The van der Waals surface area contributed by atoms with E-state index >= 15 is 0 Å². The molecule has 1 N–H and O–H groups in total. The number of rotatable bonds is 4. The summed E-state index contributed by atoms with van der Waals surface area (Å²) in [5.41, 5.74) is -0.412. The summed E-state index contributed by atoms with van der Waals surface area (Å²) in [6, 6.07) is 1.47. The number of alkyl halides is 2. The van der Waals surface area contributed by atoms with Crippen LogP contribution >= 0.6 is 23.2 Å². The average Bonchev–Trinajstić information content (AvgIpc) is 2.70. The van der Waals surface area contributed by atoms with Gasteiger partial charge in [-0.15, -0.1) is 23.2 Å². The monoisotopic (exact) mass is 236 g/mol. The summed E-state index contributed by atoms with van der Waals surface area (Å²) in [6.45, 7) is 1.75. The summed E-state index contributed by atoms with van der Waals surface area (Å²) in [4.78, 5) is 11.5. The van der Waals surface area contributed by atoms with Gasteiger partial charge in [0.15, 0.2) is 5.69 Å². The van der Waals surface area contributed by atoms with E-state index in [1.165, 1.54) is 12.3 Å². The number of carbonyl (C=O) groups is 1. The molecule has 1 rings (SSSR count). The van der Waals surface area contributed by atoms with Crippen LogP contribution in [0, 0.1) is 0 Å². The molecule has 14 heavy (non-hydrogen) atoms. The molecule has 0 radical (unpaired) electrons. The molecule has 1 amide bonds. The van der Waals surface area contributed by atoms with Crippen LogP contribution in [0.3, 0.4) is 0 Å². The highest BCUT2D eigenvalue weighted by molar-refractivity contribution is 6.22. The highest BCUT2D eigenvalue weighted by atomic mass is 35.5. The van der Waals surface area contributed by atoms with Crippen LogP contribution in [0.4, 0.5) is 0 Å². The van der Waals surface area contributed by atoms with E-state index in [-0.39, 0.29) is 23.4 Å². The predicted molar refractivity (Wildman–Crippen MR) is 53.8 cm³/mol. The van der Waals surface area contributed by atoms with Crippen LogP contribution in [0.1, 0.15) is 17.4 Å². The van der Waals surface area contributed by atoms with Gasteiger partial charge in [0.2, 0.25) is 0 Å². The lowest BCUT2D eigenvalue weighted by Crippen LogP contribution is -2.49. The van der Waals surface area contributed by atoms with E-state index in [2.05, 4.69) is 15.0 Å². The first kappa shape index (κ1) is 11.3. The topological polar surface area (TPSA) is 55.1 Å². The Hall–Kier alpha value is -0.740. The molecule has 6 heteroatoms. The van der Waals surface area contributed by atoms with Gasteiger partial charge in [-0.2, -0.15) is 0 Å². The fourth-order valence-electron chi connectivity index (χ4n) is 0.770. The molecule has 78 valence electrons. The summed E-state index contributed by atoms with van der Waals surface area (Å²) in [5.74, 6) is 0.128. The number of nitrogens with zero attached hydrogens (tertiary/aromatic N) is 1. The summed E-state index contributed by atoms with van der Waals surface area (Å²) < 4.78 is 4.54. The molecule has 0 saturated carbocycles. The standard InChI is InChI=1S/C8H10Cl2N2O2/c1-8(4-9,5-10)11-7(13)6-2-3-14-12-6/h2-3H,4-5H2,1H3,(H,11,13). The van der Waals surface area contributed by atoms with Crippen LogP contribution in [0.2, 0.25) is 0 Å². The molecule has 1 aromatic heterocycles. The van der Waals surface area contributed by atoms with Gasteiger partial charge in [0, 0.05) is 17.8 Å². The highest BCUT2D eigenvalue weighted by Gasteiger charge is 2.25. The highest BCUT2D eigenvalue weighted by Crippen LogP contribution is 2.10. The second kappa shape index (κ2) is 4.66. The number of carbonyl (C=O) groups excluding carboxylic acids is 1. The van der Waals surface area contributed by atoms with Gasteiger partial charge in [0.25, 0.3) is 5.91 Å². The Balaban J connectivity index is 2.65. The fraction of sp³-hybridized carbons (Fsp3) is 0.500. The maximum Gasteiger partial charge on any atom is 0.273 e. The van der Waals surface area contributed by atoms with Gasteiger partial charge in [0.05, 0.1) is 5.54 Å².